The molecule has 1 amide bonds. The molecule has 2 N–H and O–H groups in total. The van der Waals surface area contributed by atoms with Gasteiger partial charge in [0, 0.05) is 43.4 Å². The summed E-state index contributed by atoms with van der Waals surface area (Å²) < 4.78 is 31.4. The minimum atomic E-state index is -3.63. The SMILES string of the molecule is CNS(=O)(=O)CCn1c([C@@H](C)NC(=O)c2c(C)nn3cccnc23)cc2cccc(C#Cc3cnn(C)c3)c2c1=O. The van der Waals surface area contributed by atoms with Crippen LogP contribution < -0.4 is 15.6 Å². The van der Waals surface area contributed by atoms with E-state index >= 15 is 0 Å². The number of nitrogens with one attached hydrogen (secondary N) is 2. The van der Waals surface area contributed by atoms with Crippen LogP contribution in [0.1, 0.15) is 45.8 Å². The van der Waals surface area contributed by atoms with E-state index in [9.17, 15) is 18.0 Å². The number of carbonyl (C=O) groups excluding carboxylic acids is 1. The molecule has 4 aromatic heterocycles. The van der Waals surface area contributed by atoms with Crippen molar-refractivity contribution in [3.05, 3.63) is 93.6 Å². The topological polar surface area (TPSA) is 145 Å². The molecule has 0 fully saturated rings. The van der Waals surface area contributed by atoms with E-state index in [2.05, 4.69) is 37.1 Å². The molecule has 1 aromatic carbocycles. The fourth-order valence-corrected chi connectivity index (χ4v) is 5.28. The van der Waals surface area contributed by atoms with Crippen molar-refractivity contribution >= 4 is 32.4 Å². The average molecular weight is 573 g/mol. The van der Waals surface area contributed by atoms with E-state index in [0.717, 1.165) is 0 Å². The largest absolute Gasteiger partial charge is 0.344 e. The van der Waals surface area contributed by atoms with Gasteiger partial charge in [0.25, 0.3) is 11.5 Å². The van der Waals surface area contributed by atoms with E-state index in [0.29, 0.717) is 44.5 Å². The summed E-state index contributed by atoms with van der Waals surface area (Å²) in [5.41, 5.74) is 2.45. The summed E-state index contributed by atoms with van der Waals surface area (Å²) in [6.45, 7) is 3.33. The first-order valence-corrected chi connectivity index (χ1v) is 14.4. The number of carbonyl (C=O) groups is 1. The van der Waals surface area contributed by atoms with Gasteiger partial charge >= 0.3 is 0 Å². The zero-order chi connectivity index (χ0) is 29.3. The normalized spacial score (nSPS) is 12.3. The third-order valence-corrected chi connectivity index (χ3v) is 8.04. The van der Waals surface area contributed by atoms with Crippen molar-refractivity contribution in [2.75, 3.05) is 12.8 Å². The number of aryl methyl sites for hydroxylation is 2. The van der Waals surface area contributed by atoms with Crippen LogP contribution in [0.4, 0.5) is 0 Å². The van der Waals surface area contributed by atoms with Crippen molar-refractivity contribution in [1.82, 2.24) is 39.0 Å². The number of sulfonamides is 1. The van der Waals surface area contributed by atoms with E-state index in [-0.39, 0.29) is 12.3 Å². The van der Waals surface area contributed by atoms with E-state index in [1.54, 1.807) is 80.7 Å². The van der Waals surface area contributed by atoms with Crippen molar-refractivity contribution < 1.29 is 13.2 Å². The highest BCUT2D eigenvalue weighted by Gasteiger charge is 2.23. The van der Waals surface area contributed by atoms with Gasteiger partial charge in [-0.15, -0.1) is 0 Å². The van der Waals surface area contributed by atoms with Crippen LogP contribution in [0.3, 0.4) is 0 Å². The van der Waals surface area contributed by atoms with Crippen molar-refractivity contribution in [3.63, 3.8) is 0 Å². The monoisotopic (exact) mass is 572 g/mol. The summed E-state index contributed by atoms with van der Waals surface area (Å²) in [6, 6.07) is 8.16. The van der Waals surface area contributed by atoms with Gasteiger partial charge in [-0.25, -0.2) is 22.6 Å². The maximum Gasteiger partial charge on any atom is 0.259 e. The second-order valence-corrected chi connectivity index (χ2v) is 11.6. The molecule has 4 heterocycles. The second kappa shape index (κ2) is 11.0. The van der Waals surface area contributed by atoms with Gasteiger partial charge in [-0.1, -0.05) is 24.0 Å². The number of amides is 1. The molecule has 210 valence electrons. The molecule has 1 atom stereocenters. The van der Waals surface area contributed by atoms with Crippen LogP contribution in [-0.2, 0) is 23.6 Å². The van der Waals surface area contributed by atoms with E-state index in [1.165, 1.54) is 16.1 Å². The fourth-order valence-electron chi connectivity index (χ4n) is 4.66. The highest BCUT2D eigenvalue weighted by atomic mass is 32.2. The van der Waals surface area contributed by atoms with Gasteiger partial charge in [-0.05, 0) is 44.5 Å². The standard InChI is InChI=1S/C28H28N8O4S/c1-18(32-27(37)24-19(2)33-36-12-6-11-30-26(24)36)23-15-22-8-5-7-21(10-9-20-16-31-34(4)17-20)25(22)28(38)35(23)13-14-41(39,40)29-3/h5-8,11-12,15-18,29H,13-14H2,1-4H3,(H,32,37)/t18-/m1/s1. The number of benzene rings is 1. The molecule has 0 saturated heterocycles. The van der Waals surface area contributed by atoms with E-state index in [1.807, 2.05) is 0 Å². The lowest BCUT2D eigenvalue weighted by atomic mass is 10.0. The molecule has 5 rings (SSSR count). The lowest BCUT2D eigenvalue weighted by molar-refractivity contribution is 0.0939. The van der Waals surface area contributed by atoms with Crippen molar-refractivity contribution in [2.45, 2.75) is 26.4 Å². The van der Waals surface area contributed by atoms with Crippen LogP contribution in [0.5, 0.6) is 0 Å². The average Bonchev–Trinajstić information content (AvgIpc) is 3.52. The Morgan fingerprint density at radius 3 is 2.73 bits per heavy atom. The highest BCUT2D eigenvalue weighted by Crippen LogP contribution is 2.22. The van der Waals surface area contributed by atoms with Crippen LogP contribution in [0.2, 0.25) is 0 Å². The van der Waals surface area contributed by atoms with E-state index in [4.69, 9.17) is 0 Å². The number of nitrogens with zero attached hydrogens (tertiary/aromatic N) is 6. The summed E-state index contributed by atoms with van der Waals surface area (Å²) in [5.74, 6) is 5.34. The quantitative estimate of drug-likeness (QED) is 0.281. The molecule has 0 spiro atoms. The Morgan fingerprint density at radius 1 is 1.20 bits per heavy atom. The smallest absolute Gasteiger partial charge is 0.259 e. The van der Waals surface area contributed by atoms with Crippen molar-refractivity contribution in [2.24, 2.45) is 7.05 Å². The Balaban J connectivity index is 1.59. The predicted molar refractivity (Wildman–Crippen MR) is 154 cm³/mol. The fraction of sp³-hybridized carbons (Fsp3) is 0.250. The molecule has 0 unspecified atom stereocenters. The Morgan fingerprint density at radius 2 is 2.00 bits per heavy atom. The number of aromatic nitrogens is 6. The Kier molecular flexibility index (Phi) is 7.44. The molecule has 0 bridgehead atoms. The lowest BCUT2D eigenvalue weighted by Crippen LogP contribution is -2.35. The van der Waals surface area contributed by atoms with Gasteiger partial charge in [0.2, 0.25) is 10.0 Å². The number of hydrogen-bond acceptors (Lipinski definition) is 7. The molecular weight excluding hydrogens is 544 g/mol. The Labute approximate surface area is 236 Å². The molecule has 5 aromatic rings. The molecule has 0 saturated carbocycles. The first-order valence-electron chi connectivity index (χ1n) is 12.8. The summed E-state index contributed by atoms with van der Waals surface area (Å²) in [4.78, 5) is 31.7. The maximum atomic E-state index is 14.0. The number of hydrogen-bond donors (Lipinski definition) is 2. The molecule has 12 nitrogen and oxygen atoms in total. The van der Waals surface area contributed by atoms with Gasteiger partial charge < -0.3 is 9.88 Å². The number of pyridine rings is 1. The summed E-state index contributed by atoms with van der Waals surface area (Å²) in [7, 11) is -0.518. The van der Waals surface area contributed by atoms with Crippen LogP contribution in [0.25, 0.3) is 16.4 Å². The van der Waals surface area contributed by atoms with Crippen LogP contribution in [0, 0.1) is 18.8 Å². The van der Waals surface area contributed by atoms with Gasteiger partial charge in [0.1, 0.15) is 5.56 Å². The molecular formula is C28H28N8O4S. The minimum absolute atomic E-state index is 0.130. The third kappa shape index (κ3) is 5.60. The van der Waals surface area contributed by atoms with Gasteiger partial charge in [-0.3, -0.25) is 14.3 Å². The van der Waals surface area contributed by atoms with Gasteiger partial charge in [0.05, 0.1) is 34.6 Å². The Hall–Kier alpha value is -4.80. The summed E-state index contributed by atoms with van der Waals surface area (Å²) in [5, 5.41) is 12.4. The van der Waals surface area contributed by atoms with Crippen LogP contribution >= 0.6 is 0 Å². The third-order valence-electron chi connectivity index (χ3n) is 6.70. The first kappa shape index (κ1) is 27.8. The molecule has 13 heteroatoms. The predicted octanol–water partition coefficient (Wildman–Crippen LogP) is 1.53. The van der Waals surface area contributed by atoms with Crippen molar-refractivity contribution in [3.8, 4) is 11.8 Å². The summed E-state index contributed by atoms with van der Waals surface area (Å²) >= 11 is 0. The maximum absolute atomic E-state index is 14.0. The minimum Gasteiger partial charge on any atom is -0.344 e. The number of fused-ring (bicyclic) bond motifs is 2. The van der Waals surface area contributed by atoms with Gasteiger partial charge in [-0.2, -0.15) is 10.2 Å². The number of rotatable bonds is 7. The first-order chi connectivity index (χ1) is 19.6. The van der Waals surface area contributed by atoms with E-state index < -0.39 is 27.5 Å². The van der Waals surface area contributed by atoms with Crippen molar-refractivity contribution in [1.29, 1.82) is 0 Å². The highest BCUT2D eigenvalue weighted by molar-refractivity contribution is 7.89. The molecule has 0 aliphatic rings. The molecule has 41 heavy (non-hydrogen) atoms. The van der Waals surface area contributed by atoms with Crippen LogP contribution in [0.15, 0.2) is 59.9 Å². The molecule has 0 radical (unpaired) electrons. The lowest BCUT2D eigenvalue weighted by Gasteiger charge is -2.21. The van der Waals surface area contributed by atoms with Crippen LogP contribution in [-0.4, -0.2) is 56.1 Å². The zero-order valence-corrected chi connectivity index (χ0v) is 23.7. The zero-order valence-electron chi connectivity index (χ0n) is 22.9. The molecule has 0 aliphatic heterocycles. The Bertz CT molecular complexity index is 2030. The van der Waals surface area contributed by atoms with Gasteiger partial charge in [0.15, 0.2) is 5.65 Å². The summed E-state index contributed by atoms with van der Waals surface area (Å²) in [6.07, 6.45) is 6.67. The molecule has 0 aliphatic carbocycles. The second-order valence-electron chi connectivity index (χ2n) is 9.51.